The van der Waals surface area contributed by atoms with Crippen LogP contribution in [0.4, 0.5) is 0 Å². The maximum absolute atomic E-state index is 15.2. The van der Waals surface area contributed by atoms with Crippen LogP contribution < -0.4 is 15.9 Å². The first-order chi connectivity index (χ1) is 16.3. The lowest BCUT2D eigenvalue weighted by molar-refractivity contribution is 0.590. The van der Waals surface area contributed by atoms with Gasteiger partial charge >= 0.3 is 0 Å². The Labute approximate surface area is 193 Å². The molecule has 0 atom stereocenters. The van der Waals surface area contributed by atoms with Gasteiger partial charge in [0, 0.05) is 15.9 Å². The van der Waals surface area contributed by atoms with Crippen molar-refractivity contribution in [2.45, 2.75) is 5.41 Å². The molecule has 2 aliphatic rings. The van der Waals surface area contributed by atoms with Crippen molar-refractivity contribution in [1.82, 2.24) is 0 Å². The van der Waals surface area contributed by atoms with Crippen LogP contribution >= 0.6 is 7.14 Å². The summed E-state index contributed by atoms with van der Waals surface area (Å²) in [6.45, 7) is 0. The minimum Gasteiger partial charge on any atom is -0.309 e. The molecule has 1 aliphatic carbocycles. The first-order valence-corrected chi connectivity index (χ1v) is 13.0. The van der Waals surface area contributed by atoms with Gasteiger partial charge in [0.15, 0.2) is 7.14 Å². The summed E-state index contributed by atoms with van der Waals surface area (Å²) >= 11 is 0. The number of hydrogen-bond acceptors (Lipinski definition) is 1. The molecular formula is C31H21OP. The second kappa shape index (κ2) is 6.67. The topological polar surface area (TPSA) is 17.1 Å². The predicted molar refractivity (Wildman–Crippen MR) is 137 cm³/mol. The Hall–Kier alpha value is -3.67. The van der Waals surface area contributed by atoms with E-state index in [1.807, 2.05) is 42.5 Å². The van der Waals surface area contributed by atoms with Gasteiger partial charge in [-0.15, -0.1) is 0 Å². The van der Waals surface area contributed by atoms with Crippen molar-refractivity contribution in [1.29, 1.82) is 0 Å². The second-order valence-corrected chi connectivity index (χ2v) is 11.5. The molecule has 0 N–H and O–H groups in total. The van der Waals surface area contributed by atoms with E-state index in [4.69, 9.17) is 0 Å². The molecule has 33 heavy (non-hydrogen) atoms. The quantitative estimate of drug-likeness (QED) is 0.286. The van der Waals surface area contributed by atoms with Gasteiger partial charge in [-0.3, -0.25) is 0 Å². The molecule has 1 spiro atoms. The van der Waals surface area contributed by atoms with E-state index in [0.717, 1.165) is 27.0 Å². The number of fused-ring (bicyclic) bond motifs is 9. The van der Waals surface area contributed by atoms with Gasteiger partial charge in [-0.1, -0.05) is 127 Å². The molecule has 2 heteroatoms. The molecule has 5 aromatic rings. The van der Waals surface area contributed by atoms with Gasteiger partial charge in [0.25, 0.3) is 0 Å². The lowest BCUT2D eigenvalue weighted by atomic mass is 9.67. The third-order valence-corrected chi connectivity index (χ3v) is 10.5. The Morgan fingerprint density at radius 1 is 0.424 bits per heavy atom. The highest BCUT2D eigenvalue weighted by molar-refractivity contribution is 7.85. The Morgan fingerprint density at radius 3 is 1.33 bits per heavy atom. The van der Waals surface area contributed by atoms with Gasteiger partial charge in [-0.05, 0) is 33.4 Å². The Bertz CT molecular complexity index is 1500. The monoisotopic (exact) mass is 440 g/mol. The molecule has 156 valence electrons. The van der Waals surface area contributed by atoms with Crippen LogP contribution in [-0.2, 0) is 9.98 Å². The summed E-state index contributed by atoms with van der Waals surface area (Å²) in [5.74, 6) is 0. The second-order valence-electron chi connectivity index (χ2n) is 8.82. The molecule has 7 rings (SSSR count). The van der Waals surface area contributed by atoms with Gasteiger partial charge in [-0.25, -0.2) is 0 Å². The fourth-order valence-electron chi connectivity index (χ4n) is 6.14. The molecule has 5 aromatic carbocycles. The molecule has 0 saturated heterocycles. The fraction of sp³-hybridized carbons (Fsp3) is 0.0323. The number of hydrogen-bond donors (Lipinski definition) is 0. The molecule has 1 aliphatic heterocycles. The largest absolute Gasteiger partial charge is 0.309 e. The van der Waals surface area contributed by atoms with Crippen LogP contribution in [0, 0.1) is 0 Å². The molecule has 0 bridgehead atoms. The Kier molecular flexibility index (Phi) is 3.81. The minimum atomic E-state index is -3.05. The molecule has 0 unspecified atom stereocenters. The number of rotatable bonds is 1. The van der Waals surface area contributed by atoms with Crippen LogP contribution in [0.5, 0.6) is 0 Å². The predicted octanol–water partition coefficient (Wildman–Crippen LogP) is 6.00. The highest BCUT2D eigenvalue weighted by Gasteiger charge is 2.54. The summed E-state index contributed by atoms with van der Waals surface area (Å²) in [4.78, 5) is 0. The third-order valence-electron chi connectivity index (χ3n) is 7.37. The highest BCUT2D eigenvalue weighted by Crippen LogP contribution is 2.61. The summed E-state index contributed by atoms with van der Waals surface area (Å²) in [5, 5.41) is 2.78. The number of benzene rings is 5. The average molecular weight is 440 g/mol. The highest BCUT2D eigenvalue weighted by atomic mass is 31.2. The molecule has 0 saturated carbocycles. The lowest BCUT2D eigenvalue weighted by Crippen LogP contribution is -2.45. The summed E-state index contributed by atoms with van der Waals surface area (Å²) in [6, 6.07) is 44.2. The first-order valence-electron chi connectivity index (χ1n) is 11.3. The van der Waals surface area contributed by atoms with Crippen molar-refractivity contribution in [3.8, 4) is 11.1 Å². The van der Waals surface area contributed by atoms with Crippen molar-refractivity contribution in [3.05, 3.63) is 150 Å². The van der Waals surface area contributed by atoms with E-state index in [1.54, 1.807) is 0 Å². The van der Waals surface area contributed by atoms with Gasteiger partial charge in [0.05, 0.1) is 5.41 Å². The molecule has 0 aromatic heterocycles. The van der Waals surface area contributed by atoms with Crippen LogP contribution in [-0.4, -0.2) is 0 Å². The standard InChI is InChI=1S/C31H21OP/c32-33(22-12-2-1-3-13-22)29-20-10-8-18-27(29)31(28-19-9-11-21-30(28)33)25-16-6-4-14-23(25)24-15-5-7-17-26(24)31/h1-21H. The summed E-state index contributed by atoms with van der Waals surface area (Å²) in [7, 11) is -3.05. The van der Waals surface area contributed by atoms with E-state index >= 15 is 4.57 Å². The van der Waals surface area contributed by atoms with Crippen LogP contribution in [0.1, 0.15) is 22.3 Å². The third kappa shape index (κ3) is 2.21. The zero-order valence-electron chi connectivity index (χ0n) is 18.0. The van der Waals surface area contributed by atoms with Gasteiger partial charge in [-0.2, -0.15) is 0 Å². The van der Waals surface area contributed by atoms with E-state index in [1.165, 1.54) is 22.3 Å². The smallest absolute Gasteiger partial charge is 0.171 e. The van der Waals surface area contributed by atoms with Crippen LogP contribution in [0.3, 0.4) is 0 Å². The maximum Gasteiger partial charge on any atom is 0.171 e. The zero-order valence-corrected chi connectivity index (χ0v) is 18.9. The lowest BCUT2D eigenvalue weighted by Gasteiger charge is -2.43. The van der Waals surface area contributed by atoms with Crippen LogP contribution in [0.2, 0.25) is 0 Å². The average Bonchev–Trinajstić information content (AvgIpc) is 3.19. The summed E-state index contributed by atoms with van der Waals surface area (Å²) in [6.07, 6.45) is 0. The summed E-state index contributed by atoms with van der Waals surface area (Å²) in [5.41, 5.74) is 6.84. The van der Waals surface area contributed by atoms with Crippen molar-refractivity contribution < 1.29 is 4.57 Å². The van der Waals surface area contributed by atoms with Crippen molar-refractivity contribution in [2.24, 2.45) is 0 Å². The minimum absolute atomic E-state index is 0.483. The molecule has 1 heterocycles. The van der Waals surface area contributed by atoms with E-state index in [-0.39, 0.29) is 0 Å². The van der Waals surface area contributed by atoms with E-state index in [9.17, 15) is 0 Å². The van der Waals surface area contributed by atoms with E-state index in [0.29, 0.717) is 0 Å². The maximum atomic E-state index is 15.2. The summed E-state index contributed by atoms with van der Waals surface area (Å²) < 4.78 is 15.2. The van der Waals surface area contributed by atoms with Crippen molar-refractivity contribution >= 4 is 23.1 Å². The SMILES string of the molecule is O=P1(c2ccccc2)c2ccccc2C2(c3ccccc3-c3ccccc32)c2ccccc21. The van der Waals surface area contributed by atoms with Gasteiger partial charge in [0.1, 0.15) is 0 Å². The first kappa shape index (κ1) is 18.9. The van der Waals surface area contributed by atoms with Crippen LogP contribution in [0.25, 0.3) is 11.1 Å². The zero-order chi connectivity index (χ0) is 22.0. The van der Waals surface area contributed by atoms with E-state index < -0.39 is 12.6 Å². The Balaban J connectivity index is 1.71. The fourth-order valence-corrected chi connectivity index (χ4v) is 9.30. The molecule has 0 radical (unpaired) electrons. The molecule has 0 fully saturated rings. The van der Waals surface area contributed by atoms with Crippen molar-refractivity contribution in [3.63, 3.8) is 0 Å². The van der Waals surface area contributed by atoms with Crippen molar-refractivity contribution in [2.75, 3.05) is 0 Å². The Morgan fingerprint density at radius 2 is 0.818 bits per heavy atom. The molecule has 1 nitrogen and oxygen atoms in total. The van der Waals surface area contributed by atoms with Gasteiger partial charge < -0.3 is 4.57 Å². The van der Waals surface area contributed by atoms with E-state index in [2.05, 4.69) is 84.9 Å². The molecular weight excluding hydrogens is 419 g/mol. The van der Waals surface area contributed by atoms with Gasteiger partial charge in [0.2, 0.25) is 0 Å². The van der Waals surface area contributed by atoms with Crippen LogP contribution in [0.15, 0.2) is 127 Å². The molecule has 0 amide bonds. The normalized spacial score (nSPS) is 15.9.